The van der Waals surface area contributed by atoms with Crippen molar-refractivity contribution < 1.29 is 9.90 Å². The lowest BCUT2D eigenvalue weighted by molar-refractivity contribution is 0.0920. The summed E-state index contributed by atoms with van der Waals surface area (Å²) >= 11 is 1.51. The molecule has 4 heteroatoms. The molecule has 1 heterocycles. The zero-order valence-corrected chi connectivity index (χ0v) is 10.2. The molecule has 1 aromatic rings. The molecule has 1 fully saturated rings. The summed E-state index contributed by atoms with van der Waals surface area (Å²) in [6.45, 7) is 2.17. The first-order valence-corrected chi connectivity index (χ1v) is 6.50. The summed E-state index contributed by atoms with van der Waals surface area (Å²) in [6, 6.07) is 3.97. The van der Waals surface area contributed by atoms with Gasteiger partial charge in [-0.05, 0) is 31.9 Å². The van der Waals surface area contributed by atoms with Gasteiger partial charge in [0.1, 0.15) is 0 Å². The highest BCUT2D eigenvalue weighted by molar-refractivity contribution is 7.13. The molecule has 0 radical (unpaired) electrons. The molecule has 1 saturated carbocycles. The van der Waals surface area contributed by atoms with Gasteiger partial charge in [0.25, 0.3) is 5.91 Å². The van der Waals surface area contributed by atoms with Crippen LogP contribution >= 0.6 is 11.3 Å². The summed E-state index contributed by atoms with van der Waals surface area (Å²) in [7, 11) is 0. The van der Waals surface area contributed by atoms with Gasteiger partial charge in [0.05, 0.1) is 4.88 Å². The molecule has 2 rings (SSSR count). The second-order valence-electron chi connectivity index (χ2n) is 4.36. The lowest BCUT2D eigenvalue weighted by atomic mass is 10.1. The van der Waals surface area contributed by atoms with Crippen LogP contribution in [-0.2, 0) is 0 Å². The third kappa shape index (κ3) is 2.44. The van der Waals surface area contributed by atoms with Gasteiger partial charge in [-0.3, -0.25) is 4.79 Å². The van der Waals surface area contributed by atoms with Gasteiger partial charge < -0.3 is 10.4 Å². The molecule has 2 atom stereocenters. The van der Waals surface area contributed by atoms with Crippen LogP contribution in [0.3, 0.4) is 0 Å². The van der Waals surface area contributed by atoms with Crippen molar-refractivity contribution >= 4 is 17.2 Å². The molecule has 88 valence electrons. The molecule has 0 bridgehead atoms. The normalized spacial score (nSPS) is 24.6. The third-order valence-electron chi connectivity index (χ3n) is 3.17. The zero-order valence-electron chi connectivity index (χ0n) is 9.40. The Hall–Kier alpha value is -0.870. The minimum absolute atomic E-state index is 0.00319. The number of carbonyl (C=O) groups is 1. The van der Waals surface area contributed by atoms with E-state index in [2.05, 4.69) is 5.32 Å². The first-order valence-electron chi connectivity index (χ1n) is 5.69. The molecule has 2 unspecified atom stereocenters. The molecule has 1 aliphatic carbocycles. The fourth-order valence-electron chi connectivity index (χ4n) is 2.24. The van der Waals surface area contributed by atoms with Crippen LogP contribution in [0.1, 0.15) is 33.8 Å². The van der Waals surface area contributed by atoms with Gasteiger partial charge in [0.2, 0.25) is 0 Å². The number of thiophene rings is 1. The van der Waals surface area contributed by atoms with E-state index in [0.29, 0.717) is 0 Å². The lowest BCUT2D eigenvalue weighted by Crippen LogP contribution is -2.38. The minimum atomic E-state index is 0.00319. The maximum absolute atomic E-state index is 11.9. The van der Waals surface area contributed by atoms with Crippen molar-refractivity contribution in [3.05, 3.63) is 21.9 Å². The molecule has 1 aliphatic rings. The van der Waals surface area contributed by atoms with Crippen LogP contribution < -0.4 is 5.32 Å². The summed E-state index contributed by atoms with van der Waals surface area (Å²) in [5.74, 6) is 0.244. The molecule has 0 spiro atoms. The summed E-state index contributed by atoms with van der Waals surface area (Å²) < 4.78 is 0. The number of aliphatic hydroxyl groups is 1. The number of nitrogens with one attached hydrogen (secondary N) is 1. The number of carbonyl (C=O) groups excluding carboxylic acids is 1. The fourth-order valence-corrected chi connectivity index (χ4v) is 3.01. The number of amides is 1. The van der Waals surface area contributed by atoms with Gasteiger partial charge >= 0.3 is 0 Å². The van der Waals surface area contributed by atoms with Crippen molar-refractivity contribution in [2.24, 2.45) is 5.92 Å². The summed E-state index contributed by atoms with van der Waals surface area (Å²) in [5.41, 5.74) is 0. The van der Waals surface area contributed by atoms with Crippen LogP contribution in [0.5, 0.6) is 0 Å². The quantitative estimate of drug-likeness (QED) is 0.847. The predicted molar refractivity (Wildman–Crippen MR) is 64.7 cm³/mol. The Morgan fingerprint density at radius 3 is 3.00 bits per heavy atom. The zero-order chi connectivity index (χ0) is 11.5. The Morgan fingerprint density at radius 2 is 2.38 bits per heavy atom. The number of hydrogen-bond acceptors (Lipinski definition) is 3. The van der Waals surface area contributed by atoms with Crippen LogP contribution in [-0.4, -0.2) is 23.7 Å². The average Bonchev–Trinajstić information content (AvgIpc) is 2.86. The first kappa shape index (κ1) is 11.6. The maximum Gasteiger partial charge on any atom is 0.261 e. The SMILES string of the molecule is Cc1ccc(C(=O)NC2CCCC2CO)s1. The fraction of sp³-hybridized carbons (Fsp3) is 0.583. The number of aryl methyl sites for hydroxylation is 1. The van der Waals surface area contributed by atoms with E-state index in [1.165, 1.54) is 11.3 Å². The highest BCUT2D eigenvalue weighted by atomic mass is 32.1. The predicted octanol–water partition coefficient (Wildman–Crippen LogP) is 1.95. The Labute approximate surface area is 99.5 Å². The van der Waals surface area contributed by atoms with Crippen LogP contribution in [0.15, 0.2) is 12.1 Å². The number of aliphatic hydroxyl groups excluding tert-OH is 1. The standard InChI is InChI=1S/C12H17NO2S/c1-8-5-6-11(16-8)12(15)13-10-4-2-3-9(10)7-14/h5-6,9-10,14H,2-4,7H2,1H3,(H,13,15). The topological polar surface area (TPSA) is 49.3 Å². The van der Waals surface area contributed by atoms with E-state index in [1.54, 1.807) is 0 Å². The van der Waals surface area contributed by atoms with E-state index < -0.39 is 0 Å². The first-order chi connectivity index (χ1) is 7.70. The molecule has 0 aliphatic heterocycles. The molecular formula is C12H17NO2S. The Morgan fingerprint density at radius 1 is 1.56 bits per heavy atom. The molecule has 3 nitrogen and oxygen atoms in total. The minimum Gasteiger partial charge on any atom is -0.396 e. The Balaban J connectivity index is 1.97. The monoisotopic (exact) mass is 239 g/mol. The Kier molecular flexibility index (Phi) is 3.61. The third-order valence-corrected chi connectivity index (χ3v) is 4.17. The van der Waals surface area contributed by atoms with Gasteiger partial charge in [-0.15, -0.1) is 11.3 Å². The lowest BCUT2D eigenvalue weighted by Gasteiger charge is -2.18. The molecule has 1 aromatic heterocycles. The van der Waals surface area contributed by atoms with E-state index >= 15 is 0 Å². The summed E-state index contributed by atoms with van der Waals surface area (Å²) in [5, 5.41) is 12.2. The van der Waals surface area contributed by atoms with Gasteiger partial charge in [0, 0.05) is 23.4 Å². The van der Waals surface area contributed by atoms with Crippen LogP contribution in [0, 0.1) is 12.8 Å². The molecular weight excluding hydrogens is 222 g/mol. The van der Waals surface area contributed by atoms with Crippen LogP contribution in [0.4, 0.5) is 0 Å². The maximum atomic E-state index is 11.9. The van der Waals surface area contributed by atoms with Crippen LogP contribution in [0.2, 0.25) is 0 Å². The molecule has 16 heavy (non-hydrogen) atoms. The van der Waals surface area contributed by atoms with Gasteiger partial charge in [-0.2, -0.15) is 0 Å². The van der Waals surface area contributed by atoms with E-state index in [-0.39, 0.29) is 24.5 Å². The number of rotatable bonds is 3. The highest BCUT2D eigenvalue weighted by Gasteiger charge is 2.28. The van der Waals surface area contributed by atoms with E-state index in [1.807, 2.05) is 19.1 Å². The molecule has 0 saturated heterocycles. The molecule has 1 amide bonds. The van der Waals surface area contributed by atoms with Gasteiger partial charge in [-0.1, -0.05) is 6.42 Å². The molecule has 2 N–H and O–H groups in total. The smallest absolute Gasteiger partial charge is 0.261 e. The van der Waals surface area contributed by atoms with Gasteiger partial charge in [-0.25, -0.2) is 0 Å². The summed E-state index contributed by atoms with van der Waals surface area (Å²) in [4.78, 5) is 13.8. The Bertz CT molecular complexity index is 375. The van der Waals surface area contributed by atoms with Crippen LogP contribution in [0.25, 0.3) is 0 Å². The van der Waals surface area contributed by atoms with Crippen molar-refractivity contribution in [1.29, 1.82) is 0 Å². The largest absolute Gasteiger partial charge is 0.396 e. The molecule has 0 aromatic carbocycles. The average molecular weight is 239 g/mol. The van der Waals surface area contributed by atoms with Crippen molar-refractivity contribution in [3.63, 3.8) is 0 Å². The second kappa shape index (κ2) is 4.97. The van der Waals surface area contributed by atoms with E-state index in [4.69, 9.17) is 0 Å². The van der Waals surface area contributed by atoms with E-state index in [0.717, 1.165) is 29.0 Å². The van der Waals surface area contributed by atoms with Crippen molar-refractivity contribution in [2.45, 2.75) is 32.2 Å². The summed E-state index contributed by atoms with van der Waals surface area (Å²) in [6.07, 6.45) is 3.10. The van der Waals surface area contributed by atoms with Crippen molar-refractivity contribution in [3.8, 4) is 0 Å². The highest BCUT2D eigenvalue weighted by Crippen LogP contribution is 2.25. The van der Waals surface area contributed by atoms with Crippen molar-refractivity contribution in [2.75, 3.05) is 6.61 Å². The second-order valence-corrected chi connectivity index (χ2v) is 5.65. The van der Waals surface area contributed by atoms with Gasteiger partial charge in [0.15, 0.2) is 0 Å². The van der Waals surface area contributed by atoms with E-state index in [9.17, 15) is 9.90 Å². The van der Waals surface area contributed by atoms with Crippen molar-refractivity contribution in [1.82, 2.24) is 5.32 Å². The number of hydrogen-bond donors (Lipinski definition) is 2.